The summed E-state index contributed by atoms with van der Waals surface area (Å²) in [5.74, 6) is 0.565. The fourth-order valence-electron chi connectivity index (χ4n) is 1.48. The number of alkyl halides is 1. The third kappa shape index (κ3) is 3.40. The van der Waals surface area contributed by atoms with Crippen LogP contribution in [0.1, 0.15) is 26.2 Å². The predicted molar refractivity (Wildman–Crippen MR) is 66.6 cm³/mol. The van der Waals surface area contributed by atoms with E-state index in [2.05, 4.69) is 20.6 Å². The molecular weight excluding hydrogens is 240 g/mol. The molecule has 0 saturated heterocycles. The van der Waals surface area contributed by atoms with Crippen molar-refractivity contribution in [2.75, 3.05) is 0 Å². The maximum Gasteiger partial charge on any atom is 0.267 e. The van der Waals surface area contributed by atoms with Crippen LogP contribution in [0.3, 0.4) is 0 Å². The van der Waals surface area contributed by atoms with Gasteiger partial charge in [0.15, 0.2) is 0 Å². The van der Waals surface area contributed by atoms with Gasteiger partial charge in [-0.1, -0.05) is 11.6 Å². The van der Waals surface area contributed by atoms with E-state index in [1.54, 1.807) is 6.92 Å². The number of rotatable bonds is 4. The van der Waals surface area contributed by atoms with Crippen LogP contribution in [0.15, 0.2) is 9.98 Å². The van der Waals surface area contributed by atoms with Crippen molar-refractivity contribution in [1.82, 2.24) is 10.6 Å². The van der Waals surface area contributed by atoms with Crippen LogP contribution in [0.4, 0.5) is 0 Å². The average Bonchev–Trinajstić information content (AvgIpc) is 3.00. The lowest BCUT2D eigenvalue weighted by Crippen LogP contribution is -2.57. The molecule has 2 atom stereocenters. The Morgan fingerprint density at radius 1 is 1.82 bits per heavy atom. The van der Waals surface area contributed by atoms with Crippen LogP contribution in [0.25, 0.3) is 0 Å². The predicted octanol–water partition coefficient (Wildman–Crippen LogP) is 0.250. The number of hydrogen-bond donors (Lipinski definition) is 3. The van der Waals surface area contributed by atoms with Crippen LogP contribution in [-0.2, 0) is 0 Å². The number of nitrogens with one attached hydrogen (secondary N) is 2. The largest absolute Gasteiger partial charge is 0.324 e. The van der Waals surface area contributed by atoms with Gasteiger partial charge in [0.2, 0.25) is 0 Å². The van der Waals surface area contributed by atoms with Crippen molar-refractivity contribution in [1.29, 1.82) is 5.26 Å². The average molecular weight is 255 g/mol. The molecule has 0 radical (unpaired) electrons. The lowest BCUT2D eigenvalue weighted by atomic mass is 10.0. The van der Waals surface area contributed by atoms with Gasteiger partial charge in [0.25, 0.3) is 5.25 Å². The molecule has 6 nitrogen and oxygen atoms in total. The van der Waals surface area contributed by atoms with Crippen molar-refractivity contribution in [2.24, 2.45) is 15.7 Å². The first kappa shape index (κ1) is 12.3. The molecule has 2 aliphatic rings. The van der Waals surface area contributed by atoms with E-state index in [-0.39, 0.29) is 0 Å². The number of nitrogens with two attached hydrogens (primary N) is 1. The summed E-state index contributed by atoms with van der Waals surface area (Å²) in [6, 6.07) is 2.42. The SMILES string of the molecule is CC(N)(C#N)CC1=NC=NC(Cl)(NC2CC2)N1. The van der Waals surface area contributed by atoms with Gasteiger partial charge < -0.3 is 11.1 Å². The first-order chi connectivity index (χ1) is 7.92. The lowest BCUT2D eigenvalue weighted by molar-refractivity contribution is 0.430. The summed E-state index contributed by atoms with van der Waals surface area (Å²) >= 11 is 6.25. The van der Waals surface area contributed by atoms with Crippen molar-refractivity contribution in [3.05, 3.63) is 0 Å². The van der Waals surface area contributed by atoms with Gasteiger partial charge in [-0.15, -0.1) is 0 Å². The zero-order valence-electron chi connectivity index (χ0n) is 9.57. The quantitative estimate of drug-likeness (QED) is 0.495. The lowest BCUT2D eigenvalue weighted by Gasteiger charge is -2.30. The molecule has 1 aliphatic heterocycles. The Morgan fingerprint density at radius 3 is 3.12 bits per heavy atom. The van der Waals surface area contributed by atoms with E-state index in [1.165, 1.54) is 6.34 Å². The van der Waals surface area contributed by atoms with Gasteiger partial charge in [-0.25, -0.2) is 9.98 Å². The van der Waals surface area contributed by atoms with E-state index in [4.69, 9.17) is 22.6 Å². The molecule has 7 heteroatoms. The molecule has 0 spiro atoms. The molecular formula is C10H15ClN6. The molecule has 0 bridgehead atoms. The Bertz CT molecular complexity index is 406. The summed E-state index contributed by atoms with van der Waals surface area (Å²) in [4.78, 5) is 8.10. The molecule has 0 aromatic heterocycles. The van der Waals surface area contributed by atoms with Crippen LogP contribution in [0.5, 0.6) is 0 Å². The van der Waals surface area contributed by atoms with Crippen LogP contribution in [0, 0.1) is 11.3 Å². The van der Waals surface area contributed by atoms with E-state index in [9.17, 15) is 0 Å². The van der Waals surface area contributed by atoms with Crippen molar-refractivity contribution in [2.45, 2.75) is 43.0 Å². The van der Waals surface area contributed by atoms with Crippen molar-refractivity contribution < 1.29 is 0 Å². The second-order valence-corrected chi connectivity index (χ2v) is 5.24. The molecule has 0 aromatic rings. The fraction of sp³-hybridized carbons (Fsp3) is 0.700. The summed E-state index contributed by atoms with van der Waals surface area (Å²) in [5.41, 5.74) is 4.80. The molecule has 1 saturated carbocycles. The Balaban J connectivity index is 1.99. The Kier molecular flexibility index (Phi) is 3.08. The van der Waals surface area contributed by atoms with Crippen molar-refractivity contribution in [3.8, 4) is 6.07 Å². The van der Waals surface area contributed by atoms with Crippen LogP contribution in [-0.4, -0.2) is 29.0 Å². The molecule has 0 aromatic carbocycles. The van der Waals surface area contributed by atoms with Gasteiger partial charge in [-0.2, -0.15) is 5.26 Å². The van der Waals surface area contributed by atoms with E-state index in [1.807, 2.05) is 6.07 Å². The Hall–Kier alpha value is -1.16. The van der Waals surface area contributed by atoms with Gasteiger partial charge in [-0.05, 0) is 19.8 Å². The van der Waals surface area contributed by atoms with Crippen molar-refractivity contribution >= 4 is 23.8 Å². The highest BCUT2D eigenvalue weighted by molar-refractivity contribution is 6.25. The molecule has 17 heavy (non-hydrogen) atoms. The maximum atomic E-state index is 8.87. The molecule has 0 amide bonds. The van der Waals surface area contributed by atoms with Gasteiger partial charge >= 0.3 is 0 Å². The Labute approximate surface area is 105 Å². The Morgan fingerprint density at radius 2 is 2.53 bits per heavy atom. The van der Waals surface area contributed by atoms with E-state index in [0.29, 0.717) is 18.3 Å². The van der Waals surface area contributed by atoms with Crippen LogP contribution in [0.2, 0.25) is 0 Å². The third-order valence-corrected chi connectivity index (χ3v) is 2.82. The summed E-state index contributed by atoms with van der Waals surface area (Å²) in [7, 11) is 0. The molecule has 4 N–H and O–H groups in total. The van der Waals surface area contributed by atoms with Crippen LogP contribution < -0.4 is 16.4 Å². The highest BCUT2D eigenvalue weighted by Gasteiger charge is 2.36. The minimum atomic E-state index is -1.05. The smallest absolute Gasteiger partial charge is 0.267 e. The zero-order chi connectivity index (χ0) is 12.5. The molecule has 92 valence electrons. The number of nitriles is 1. The minimum absolute atomic E-state index is 0.302. The topological polar surface area (TPSA) is 98.6 Å². The van der Waals surface area contributed by atoms with Crippen LogP contribution >= 0.6 is 11.6 Å². The summed E-state index contributed by atoms with van der Waals surface area (Å²) in [6.45, 7) is 1.65. The highest BCUT2D eigenvalue weighted by atomic mass is 35.5. The number of aliphatic imine (C=N–C) groups is 2. The van der Waals surface area contributed by atoms with Gasteiger partial charge in [-0.3, -0.25) is 5.32 Å². The van der Waals surface area contributed by atoms with E-state index >= 15 is 0 Å². The highest BCUT2D eigenvalue weighted by Crippen LogP contribution is 2.25. The number of hydrogen-bond acceptors (Lipinski definition) is 6. The van der Waals surface area contributed by atoms with Crippen molar-refractivity contribution in [3.63, 3.8) is 0 Å². The molecule has 2 rings (SSSR count). The van der Waals surface area contributed by atoms with Gasteiger partial charge in [0, 0.05) is 12.5 Å². The minimum Gasteiger partial charge on any atom is -0.324 e. The third-order valence-electron chi connectivity index (χ3n) is 2.52. The molecule has 2 unspecified atom stereocenters. The first-order valence-corrected chi connectivity index (χ1v) is 5.86. The summed E-state index contributed by atoms with van der Waals surface area (Å²) in [5, 5.41) is 13.9. The second-order valence-electron chi connectivity index (χ2n) is 4.69. The summed E-state index contributed by atoms with van der Waals surface area (Å²) in [6.07, 6.45) is 3.90. The zero-order valence-corrected chi connectivity index (χ0v) is 10.3. The number of halogens is 1. The molecule has 1 heterocycles. The normalized spacial score (nSPS) is 31.1. The molecule has 1 aliphatic carbocycles. The monoisotopic (exact) mass is 254 g/mol. The first-order valence-electron chi connectivity index (χ1n) is 5.48. The van der Waals surface area contributed by atoms with Gasteiger partial charge in [0.05, 0.1) is 6.07 Å². The summed E-state index contributed by atoms with van der Waals surface area (Å²) < 4.78 is 0. The fourth-order valence-corrected chi connectivity index (χ4v) is 1.79. The standard InChI is InChI=1S/C10H15ClN6/c1-9(13,5-12)4-8-14-6-15-10(11,17-8)16-7-2-3-7/h6-7,16H,2-4,13H2,1H3,(H,14,15,17). The van der Waals surface area contributed by atoms with E-state index in [0.717, 1.165) is 12.8 Å². The van der Waals surface area contributed by atoms with E-state index < -0.39 is 10.8 Å². The second kappa shape index (κ2) is 4.26. The number of nitrogens with zero attached hydrogens (tertiary/aromatic N) is 3. The number of amidine groups is 1. The molecule has 1 fully saturated rings. The maximum absolute atomic E-state index is 8.87. The van der Waals surface area contributed by atoms with Gasteiger partial charge in [0.1, 0.15) is 17.7 Å².